The molecule has 0 saturated carbocycles. The van der Waals surface area contributed by atoms with Crippen LogP contribution < -0.4 is 0 Å². The Balaban J connectivity index is 2.59. The Morgan fingerprint density at radius 1 is 0.720 bits per heavy atom. The first-order valence-corrected chi connectivity index (χ1v) is 8.28. The van der Waals surface area contributed by atoms with Crippen molar-refractivity contribution in [3.63, 3.8) is 0 Å². The van der Waals surface area contributed by atoms with Crippen LogP contribution in [0.3, 0.4) is 0 Å². The summed E-state index contributed by atoms with van der Waals surface area (Å²) in [6.45, 7) is 0. The largest absolute Gasteiger partial charge is 0.411 e. The Morgan fingerprint density at radius 2 is 1.08 bits per heavy atom. The van der Waals surface area contributed by atoms with Crippen molar-refractivity contribution in [2.24, 2.45) is 0 Å². The third-order valence-corrected chi connectivity index (χ3v) is 5.10. The average molecular weight is 488 g/mol. The maximum Gasteiger partial charge on any atom is 0.411 e. The summed E-state index contributed by atoms with van der Waals surface area (Å²) in [5.74, 6) is -0.880. The van der Waals surface area contributed by atoms with E-state index >= 15 is 0 Å². The second-order valence-electron chi connectivity index (χ2n) is 5.45. The predicted octanol–water partition coefficient (Wildman–Crippen LogP) is 6.17. The molecule has 3 rings (SSSR count). The molecular formula is C16H6Br2F6O. The standard InChI is InChI=1S/C16H6Br2F6O/c17-7-1-3-9-11(5-7)14(15(19,20)21,16(22,23)24)12-6-8(18)2-4-10(12)13(9)25/h1-6H. The Morgan fingerprint density at radius 3 is 1.40 bits per heavy atom. The lowest BCUT2D eigenvalue weighted by Crippen LogP contribution is -2.57. The van der Waals surface area contributed by atoms with E-state index in [0.717, 1.165) is 12.1 Å². The second-order valence-corrected chi connectivity index (χ2v) is 7.29. The van der Waals surface area contributed by atoms with E-state index in [0.29, 0.717) is 12.1 Å². The number of alkyl halides is 6. The molecule has 0 amide bonds. The fraction of sp³-hybridized carbons (Fsp3) is 0.188. The van der Waals surface area contributed by atoms with Crippen molar-refractivity contribution in [3.8, 4) is 0 Å². The lowest BCUT2D eigenvalue weighted by Gasteiger charge is -2.42. The summed E-state index contributed by atoms with van der Waals surface area (Å²) < 4.78 is 83.9. The normalized spacial score (nSPS) is 16.4. The Hall–Kier alpha value is -1.35. The van der Waals surface area contributed by atoms with Crippen molar-refractivity contribution in [1.29, 1.82) is 0 Å². The number of fused-ring (bicyclic) bond motifs is 2. The monoisotopic (exact) mass is 486 g/mol. The van der Waals surface area contributed by atoms with Gasteiger partial charge in [0.05, 0.1) is 0 Å². The highest BCUT2D eigenvalue weighted by Crippen LogP contribution is 2.60. The molecule has 2 aromatic rings. The van der Waals surface area contributed by atoms with Crippen LogP contribution in [-0.2, 0) is 5.41 Å². The number of carbonyl (C=O) groups excluding carboxylic acids is 1. The minimum Gasteiger partial charge on any atom is -0.289 e. The molecule has 25 heavy (non-hydrogen) atoms. The van der Waals surface area contributed by atoms with Gasteiger partial charge >= 0.3 is 12.4 Å². The Kier molecular flexibility index (Phi) is 4.11. The van der Waals surface area contributed by atoms with Crippen molar-refractivity contribution in [2.45, 2.75) is 17.8 Å². The van der Waals surface area contributed by atoms with Crippen molar-refractivity contribution < 1.29 is 31.1 Å². The molecule has 0 heterocycles. The zero-order valence-corrected chi connectivity index (χ0v) is 15.1. The van der Waals surface area contributed by atoms with Gasteiger partial charge in [0.25, 0.3) is 0 Å². The van der Waals surface area contributed by atoms with Crippen molar-refractivity contribution in [2.75, 3.05) is 0 Å². The van der Waals surface area contributed by atoms with Gasteiger partial charge in [-0.05, 0) is 47.5 Å². The van der Waals surface area contributed by atoms with E-state index in [2.05, 4.69) is 31.9 Å². The van der Waals surface area contributed by atoms with Crippen LogP contribution in [0.4, 0.5) is 26.3 Å². The molecule has 0 aliphatic heterocycles. The SMILES string of the molecule is O=C1c2ccc(Br)cc2C(C(F)(F)F)(C(F)(F)F)c2cc(Br)ccc21. The van der Waals surface area contributed by atoms with E-state index in [-0.39, 0.29) is 8.95 Å². The summed E-state index contributed by atoms with van der Waals surface area (Å²) in [5.41, 5.74) is -7.79. The van der Waals surface area contributed by atoms with Gasteiger partial charge in [0.2, 0.25) is 5.41 Å². The second kappa shape index (κ2) is 5.57. The molecule has 1 aliphatic carbocycles. The fourth-order valence-corrected chi connectivity index (χ4v) is 3.83. The molecule has 0 fully saturated rings. The maximum absolute atomic E-state index is 14.0. The number of hydrogen-bond acceptors (Lipinski definition) is 1. The molecule has 0 bridgehead atoms. The fourth-order valence-electron chi connectivity index (χ4n) is 3.11. The highest BCUT2D eigenvalue weighted by molar-refractivity contribution is 9.10. The van der Waals surface area contributed by atoms with Crippen molar-refractivity contribution in [1.82, 2.24) is 0 Å². The molecule has 0 atom stereocenters. The van der Waals surface area contributed by atoms with Crippen LogP contribution in [0.2, 0.25) is 0 Å². The summed E-state index contributed by atoms with van der Waals surface area (Å²) in [5, 5.41) is 0. The van der Waals surface area contributed by atoms with Gasteiger partial charge in [0.15, 0.2) is 5.78 Å². The summed E-state index contributed by atoms with van der Waals surface area (Å²) in [6, 6.07) is 5.82. The minimum atomic E-state index is -5.71. The first-order chi connectivity index (χ1) is 11.4. The highest BCUT2D eigenvalue weighted by atomic mass is 79.9. The van der Waals surface area contributed by atoms with E-state index in [4.69, 9.17) is 0 Å². The van der Waals surface area contributed by atoms with E-state index in [1.54, 1.807) is 0 Å². The number of rotatable bonds is 0. The molecular weight excluding hydrogens is 482 g/mol. The third kappa shape index (κ3) is 2.46. The van der Waals surface area contributed by atoms with Crippen LogP contribution in [0.15, 0.2) is 45.3 Å². The zero-order valence-electron chi connectivity index (χ0n) is 11.9. The molecule has 132 valence electrons. The topological polar surface area (TPSA) is 17.1 Å². The van der Waals surface area contributed by atoms with E-state index in [1.807, 2.05) is 0 Å². The molecule has 0 spiro atoms. The summed E-state index contributed by atoms with van der Waals surface area (Å²) in [6.07, 6.45) is -11.4. The molecule has 0 N–H and O–H groups in total. The van der Waals surface area contributed by atoms with Crippen molar-refractivity contribution in [3.05, 3.63) is 67.6 Å². The van der Waals surface area contributed by atoms with Gasteiger partial charge in [-0.3, -0.25) is 4.79 Å². The zero-order chi connectivity index (χ0) is 18.8. The lowest BCUT2D eigenvalue weighted by molar-refractivity contribution is -0.289. The van der Waals surface area contributed by atoms with Crippen LogP contribution in [0.25, 0.3) is 0 Å². The minimum absolute atomic E-state index is 0.00960. The number of hydrogen-bond donors (Lipinski definition) is 0. The van der Waals surface area contributed by atoms with Gasteiger partial charge in [0, 0.05) is 20.1 Å². The molecule has 2 aromatic carbocycles. The molecule has 0 aromatic heterocycles. The van der Waals surface area contributed by atoms with Crippen LogP contribution >= 0.6 is 31.9 Å². The van der Waals surface area contributed by atoms with E-state index in [9.17, 15) is 31.1 Å². The van der Waals surface area contributed by atoms with Gasteiger partial charge < -0.3 is 0 Å². The molecule has 9 heteroatoms. The van der Waals surface area contributed by atoms with Crippen LogP contribution in [0, 0.1) is 0 Å². The summed E-state index contributed by atoms with van der Waals surface area (Å²) >= 11 is 5.79. The third-order valence-electron chi connectivity index (χ3n) is 4.11. The van der Waals surface area contributed by atoms with E-state index in [1.165, 1.54) is 12.1 Å². The summed E-state index contributed by atoms with van der Waals surface area (Å²) in [7, 11) is 0. The van der Waals surface area contributed by atoms with Gasteiger partial charge in [0.1, 0.15) is 0 Å². The van der Waals surface area contributed by atoms with E-state index < -0.39 is 45.8 Å². The van der Waals surface area contributed by atoms with Gasteiger partial charge in [-0.15, -0.1) is 0 Å². The average Bonchev–Trinajstić information content (AvgIpc) is 2.44. The summed E-state index contributed by atoms with van der Waals surface area (Å²) in [4.78, 5) is 12.5. The molecule has 1 aliphatic rings. The van der Waals surface area contributed by atoms with Crippen molar-refractivity contribution >= 4 is 37.6 Å². The molecule has 0 saturated heterocycles. The highest BCUT2D eigenvalue weighted by Gasteiger charge is 2.75. The van der Waals surface area contributed by atoms with Gasteiger partial charge in [-0.2, -0.15) is 26.3 Å². The predicted molar refractivity (Wildman–Crippen MR) is 84.6 cm³/mol. The molecule has 0 unspecified atom stereocenters. The lowest BCUT2D eigenvalue weighted by atomic mass is 9.65. The molecule has 0 radical (unpaired) electrons. The maximum atomic E-state index is 14.0. The number of benzene rings is 2. The van der Waals surface area contributed by atoms with Gasteiger partial charge in [-0.25, -0.2) is 0 Å². The van der Waals surface area contributed by atoms with Gasteiger partial charge in [-0.1, -0.05) is 31.9 Å². The number of ketones is 1. The smallest absolute Gasteiger partial charge is 0.289 e. The van der Waals surface area contributed by atoms with Crippen LogP contribution in [0.1, 0.15) is 27.0 Å². The number of halogens is 8. The molecule has 1 nitrogen and oxygen atoms in total. The first-order valence-electron chi connectivity index (χ1n) is 6.69. The van der Waals surface area contributed by atoms with Crippen LogP contribution in [0.5, 0.6) is 0 Å². The number of carbonyl (C=O) groups is 1. The first kappa shape index (κ1) is 18.4. The quantitative estimate of drug-likeness (QED) is 0.406. The van der Waals surface area contributed by atoms with Crippen LogP contribution in [-0.4, -0.2) is 18.1 Å². The Bertz CT molecular complexity index is 814. The Labute approximate surface area is 154 Å².